The van der Waals surface area contributed by atoms with E-state index in [2.05, 4.69) is 47.8 Å². The zero-order valence-electron chi connectivity index (χ0n) is 25.1. The molecule has 3 N–H and O–H groups in total. The van der Waals surface area contributed by atoms with Crippen LogP contribution < -0.4 is 20.9 Å². The Bertz CT molecular complexity index is 1530. The number of carbonyl (C=O) groups is 1. The predicted octanol–water partition coefficient (Wildman–Crippen LogP) is 6.42. The van der Waals surface area contributed by atoms with Crippen LogP contribution in [0.4, 0.5) is 33.1 Å². The minimum atomic E-state index is -0.383. The van der Waals surface area contributed by atoms with Gasteiger partial charge >= 0.3 is 6.03 Å². The molecule has 0 atom stereocenters. The van der Waals surface area contributed by atoms with Gasteiger partial charge in [0.1, 0.15) is 23.2 Å². The Balaban J connectivity index is 1.21. The maximum Gasteiger partial charge on any atom is 0.324 e. The smallest absolute Gasteiger partial charge is 0.324 e. The van der Waals surface area contributed by atoms with Crippen molar-refractivity contribution in [2.24, 2.45) is 0 Å². The van der Waals surface area contributed by atoms with Gasteiger partial charge in [-0.2, -0.15) is 0 Å². The molecule has 0 spiro atoms. The molecule has 0 unspecified atom stereocenters. The molecule has 11 nitrogen and oxygen atoms in total. The molecular formula is C30H39N9O2S. The lowest BCUT2D eigenvalue weighted by Gasteiger charge is -2.35. The molecule has 4 heterocycles. The summed E-state index contributed by atoms with van der Waals surface area (Å²) in [4.78, 5) is 32.3. The molecule has 0 aliphatic carbocycles. The van der Waals surface area contributed by atoms with E-state index in [1.807, 2.05) is 65.1 Å². The zero-order valence-corrected chi connectivity index (χ0v) is 25.9. The fourth-order valence-electron chi connectivity index (χ4n) is 4.78. The molecule has 0 saturated carbocycles. The summed E-state index contributed by atoms with van der Waals surface area (Å²) in [6.07, 6.45) is 3.03. The minimum absolute atomic E-state index is 0.192. The third kappa shape index (κ3) is 7.24. The van der Waals surface area contributed by atoms with Gasteiger partial charge in [-0.25, -0.2) is 19.7 Å². The van der Waals surface area contributed by atoms with Gasteiger partial charge in [0.25, 0.3) is 0 Å². The summed E-state index contributed by atoms with van der Waals surface area (Å²) >= 11 is 1.55. The Morgan fingerprint density at radius 1 is 1.02 bits per heavy atom. The summed E-state index contributed by atoms with van der Waals surface area (Å²) < 4.78 is 5.35. The van der Waals surface area contributed by atoms with Gasteiger partial charge < -0.3 is 20.1 Å². The molecule has 1 fully saturated rings. The first kappa shape index (κ1) is 29.5. The minimum Gasteiger partial charge on any atom is -0.359 e. The SMILES string of the molecule is CCCN1CCN(c2cc(Nc3ncc(-c4ccc(NC(=O)Nc5cc(C(C)(C)C)on5)c(C)c4)s3)nc(C)n2)CC1. The third-order valence-corrected chi connectivity index (χ3v) is 8.01. The highest BCUT2D eigenvalue weighted by Gasteiger charge is 2.21. The maximum atomic E-state index is 12.6. The van der Waals surface area contributed by atoms with Crippen molar-refractivity contribution in [1.82, 2.24) is 25.0 Å². The van der Waals surface area contributed by atoms with Crippen molar-refractivity contribution >= 4 is 45.6 Å². The standard InChI is InChI=1S/C30H39N9O2S/c1-7-10-38-11-13-39(14-12-38)27-17-25(32-20(3)33-27)36-29-31-18-23(42-29)21-8-9-22(19(2)15-21)34-28(40)35-26-16-24(41-37-26)30(4,5)6/h8-9,15-18H,7,10-14H2,1-6H3,(H,31,32,33,36)(H2,34,35,37,40). The number of urea groups is 1. The number of nitrogens with one attached hydrogen (secondary N) is 3. The van der Waals surface area contributed by atoms with Gasteiger partial charge in [-0.15, -0.1) is 0 Å². The van der Waals surface area contributed by atoms with Gasteiger partial charge in [-0.3, -0.25) is 10.2 Å². The second kappa shape index (κ2) is 12.5. The lowest BCUT2D eigenvalue weighted by Crippen LogP contribution is -2.46. The van der Waals surface area contributed by atoms with Gasteiger partial charge in [0.15, 0.2) is 10.9 Å². The number of amides is 2. The Hall–Kier alpha value is -4.03. The molecule has 12 heteroatoms. The van der Waals surface area contributed by atoms with Crippen molar-refractivity contribution in [1.29, 1.82) is 0 Å². The molecule has 1 aliphatic heterocycles. The second-order valence-electron chi connectivity index (χ2n) is 11.6. The number of aromatic nitrogens is 4. The van der Waals surface area contributed by atoms with E-state index in [0.29, 0.717) is 17.3 Å². The molecule has 5 rings (SSSR count). The summed E-state index contributed by atoms with van der Waals surface area (Å²) in [5.41, 5.74) is 2.46. The summed E-state index contributed by atoms with van der Waals surface area (Å²) in [7, 11) is 0. The molecular weight excluding hydrogens is 550 g/mol. The van der Waals surface area contributed by atoms with Gasteiger partial charge in [0.2, 0.25) is 0 Å². The molecule has 3 aromatic heterocycles. The Kier molecular flexibility index (Phi) is 8.74. The van der Waals surface area contributed by atoms with Crippen LogP contribution in [-0.2, 0) is 5.41 Å². The fraction of sp³-hybridized carbons (Fsp3) is 0.433. The van der Waals surface area contributed by atoms with Crippen molar-refractivity contribution in [2.75, 3.05) is 53.6 Å². The van der Waals surface area contributed by atoms with Crippen molar-refractivity contribution in [3.63, 3.8) is 0 Å². The highest BCUT2D eigenvalue weighted by atomic mass is 32.1. The van der Waals surface area contributed by atoms with E-state index in [9.17, 15) is 4.79 Å². The van der Waals surface area contributed by atoms with E-state index in [1.54, 1.807) is 17.4 Å². The van der Waals surface area contributed by atoms with Crippen LogP contribution in [0.3, 0.4) is 0 Å². The molecule has 1 saturated heterocycles. The third-order valence-electron chi connectivity index (χ3n) is 7.05. The van der Waals surface area contributed by atoms with Gasteiger partial charge in [0.05, 0.1) is 4.88 Å². The van der Waals surface area contributed by atoms with Crippen LogP contribution >= 0.6 is 11.3 Å². The van der Waals surface area contributed by atoms with Crippen LogP contribution in [0.5, 0.6) is 0 Å². The Morgan fingerprint density at radius 2 is 1.81 bits per heavy atom. The largest absolute Gasteiger partial charge is 0.359 e. The van der Waals surface area contributed by atoms with Crippen molar-refractivity contribution in [3.8, 4) is 10.4 Å². The first-order chi connectivity index (χ1) is 20.1. The summed E-state index contributed by atoms with van der Waals surface area (Å²) in [6, 6.07) is 9.25. The lowest BCUT2D eigenvalue weighted by molar-refractivity contribution is 0.258. The number of thiazole rings is 1. The Labute approximate surface area is 250 Å². The number of rotatable bonds is 8. The zero-order chi connectivity index (χ0) is 29.9. The van der Waals surface area contributed by atoms with Crippen LogP contribution in [0.25, 0.3) is 10.4 Å². The molecule has 1 aliphatic rings. The van der Waals surface area contributed by atoms with E-state index < -0.39 is 0 Å². The molecule has 1 aromatic carbocycles. The molecule has 4 aromatic rings. The summed E-state index contributed by atoms with van der Waals surface area (Å²) in [6.45, 7) is 17.3. The van der Waals surface area contributed by atoms with E-state index in [4.69, 9.17) is 9.51 Å². The summed E-state index contributed by atoms with van der Waals surface area (Å²) in [5.74, 6) is 3.48. The quantitative estimate of drug-likeness (QED) is 0.213. The van der Waals surface area contributed by atoms with Crippen LogP contribution in [0, 0.1) is 13.8 Å². The fourth-order valence-corrected chi connectivity index (χ4v) is 5.60. The second-order valence-corrected chi connectivity index (χ2v) is 12.6. The monoisotopic (exact) mass is 589 g/mol. The molecule has 222 valence electrons. The molecule has 42 heavy (non-hydrogen) atoms. The van der Waals surface area contributed by atoms with E-state index in [-0.39, 0.29) is 11.4 Å². The highest BCUT2D eigenvalue weighted by molar-refractivity contribution is 7.18. The summed E-state index contributed by atoms with van der Waals surface area (Å²) in [5, 5.41) is 13.7. The number of anilines is 5. The molecule has 0 bridgehead atoms. The van der Waals surface area contributed by atoms with Crippen molar-refractivity contribution < 1.29 is 9.32 Å². The predicted molar refractivity (Wildman–Crippen MR) is 169 cm³/mol. The maximum absolute atomic E-state index is 12.6. The van der Waals surface area contributed by atoms with Crippen LogP contribution in [-0.4, -0.2) is 63.8 Å². The number of hydrogen-bond acceptors (Lipinski definition) is 10. The van der Waals surface area contributed by atoms with Gasteiger partial charge in [0, 0.05) is 55.6 Å². The molecule has 2 amide bonds. The van der Waals surface area contributed by atoms with E-state index in [1.165, 1.54) is 6.42 Å². The topological polar surface area (TPSA) is 124 Å². The molecule has 0 radical (unpaired) electrons. The number of piperazine rings is 1. The number of carbonyl (C=O) groups excluding carboxylic acids is 1. The van der Waals surface area contributed by atoms with E-state index in [0.717, 1.165) is 71.3 Å². The first-order valence-corrected chi connectivity index (χ1v) is 15.1. The van der Waals surface area contributed by atoms with Crippen molar-refractivity contribution in [2.45, 2.75) is 53.4 Å². The van der Waals surface area contributed by atoms with Gasteiger partial charge in [-0.1, -0.05) is 50.3 Å². The van der Waals surface area contributed by atoms with Crippen LogP contribution in [0.15, 0.2) is 41.1 Å². The number of nitrogens with zero attached hydrogens (tertiary/aromatic N) is 6. The van der Waals surface area contributed by atoms with Crippen LogP contribution in [0.1, 0.15) is 51.3 Å². The lowest BCUT2D eigenvalue weighted by atomic mass is 9.93. The average molecular weight is 590 g/mol. The number of benzene rings is 1. The van der Waals surface area contributed by atoms with Gasteiger partial charge in [-0.05, 0) is 50.1 Å². The average Bonchev–Trinajstić information content (AvgIpc) is 3.60. The highest BCUT2D eigenvalue weighted by Crippen LogP contribution is 2.33. The Morgan fingerprint density at radius 3 is 2.50 bits per heavy atom. The number of aryl methyl sites for hydroxylation is 2. The normalized spacial score (nSPS) is 14.2. The van der Waals surface area contributed by atoms with E-state index >= 15 is 0 Å². The first-order valence-electron chi connectivity index (χ1n) is 14.3. The van der Waals surface area contributed by atoms with Crippen LogP contribution in [0.2, 0.25) is 0 Å². The van der Waals surface area contributed by atoms with Crippen molar-refractivity contribution in [3.05, 3.63) is 53.7 Å². The number of hydrogen-bond donors (Lipinski definition) is 3.